The van der Waals surface area contributed by atoms with Crippen molar-refractivity contribution >= 4 is 27.5 Å². The number of thiophene rings is 1. The van der Waals surface area contributed by atoms with Crippen LogP contribution in [0.2, 0.25) is 0 Å². The average Bonchev–Trinajstić information content (AvgIpc) is 2.82. The zero-order valence-corrected chi connectivity index (χ0v) is 15.5. The van der Waals surface area contributed by atoms with Crippen LogP contribution in [0.4, 0.5) is 5.95 Å². The molecule has 0 spiro atoms. The lowest BCUT2D eigenvalue weighted by molar-refractivity contribution is 0.309. The third-order valence-electron chi connectivity index (χ3n) is 5.61. The van der Waals surface area contributed by atoms with Crippen LogP contribution in [0, 0.1) is 0 Å². The largest absolute Gasteiger partial charge is 0.395 e. The number of hydrogen-bond donors (Lipinski definition) is 2. The summed E-state index contributed by atoms with van der Waals surface area (Å²) < 4.78 is 1.91. The molecule has 2 aromatic heterocycles. The maximum absolute atomic E-state index is 13.5. The molecule has 0 atom stereocenters. The number of aryl methyl sites for hydroxylation is 2. The highest BCUT2D eigenvalue weighted by molar-refractivity contribution is 7.18. The maximum Gasteiger partial charge on any atom is 0.264 e. The quantitative estimate of drug-likeness (QED) is 0.816. The summed E-state index contributed by atoms with van der Waals surface area (Å²) in [5.74, 6) is 0.648. The molecule has 6 heteroatoms. The molecule has 0 amide bonds. The normalized spacial score (nSPS) is 18.9. The highest BCUT2D eigenvalue weighted by Gasteiger charge is 2.25. The smallest absolute Gasteiger partial charge is 0.264 e. The van der Waals surface area contributed by atoms with E-state index in [0.29, 0.717) is 12.5 Å². The first-order chi connectivity index (χ1) is 12.3. The van der Waals surface area contributed by atoms with Gasteiger partial charge < -0.3 is 10.4 Å². The molecule has 0 aromatic carbocycles. The van der Waals surface area contributed by atoms with Crippen LogP contribution in [0.15, 0.2) is 4.79 Å². The standard InChI is InChI=1S/C19H27N3O2S/c23-12-11-20-19-21-17-16(14-9-5-2-6-10-15(14)25-17)18(24)22(19)13-7-3-1-4-8-13/h13,23H,1-12H2,(H,20,21). The van der Waals surface area contributed by atoms with Crippen LogP contribution in [-0.4, -0.2) is 27.8 Å². The van der Waals surface area contributed by atoms with Crippen molar-refractivity contribution in [2.75, 3.05) is 18.5 Å². The number of aliphatic hydroxyl groups excluding tert-OH is 1. The van der Waals surface area contributed by atoms with E-state index in [1.54, 1.807) is 11.3 Å². The van der Waals surface area contributed by atoms with E-state index >= 15 is 0 Å². The molecular formula is C19H27N3O2S. The highest BCUT2D eigenvalue weighted by atomic mass is 32.1. The predicted molar refractivity (Wildman–Crippen MR) is 103 cm³/mol. The molecule has 2 aromatic rings. The van der Waals surface area contributed by atoms with Gasteiger partial charge in [-0.2, -0.15) is 0 Å². The Kier molecular flexibility index (Phi) is 5.08. The van der Waals surface area contributed by atoms with Crippen LogP contribution in [-0.2, 0) is 12.8 Å². The number of rotatable bonds is 4. The Labute approximate surface area is 152 Å². The minimum atomic E-state index is 0.0412. The first kappa shape index (κ1) is 17.0. The fourth-order valence-electron chi connectivity index (χ4n) is 4.36. The van der Waals surface area contributed by atoms with E-state index in [4.69, 9.17) is 4.98 Å². The van der Waals surface area contributed by atoms with Gasteiger partial charge in [0, 0.05) is 17.5 Å². The predicted octanol–water partition coefficient (Wildman–Crippen LogP) is 3.64. The van der Waals surface area contributed by atoms with Crippen LogP contribution in [0.5, 0.6) is 0 Å². The minimum Gasteiger partial charge on any atom is -0.395 e. The summed E-state index contributed by atoms with van der Waals surface area (Å²) in [6, 6.07) is 0.237. The molecule has 0 saturated heterocycles. The molecule has 25 heavy (non-hydrogen) atoms. The second kappa shape index (κ2) is 7.46. The maximum atomic E-state index is 13.5. The fourth-order valence-corrected chi connectivity index (χ4v) is 5.62. The number of aliphatic hydroxyl groups is 1. The molecular weight excluding hydrogens is 334 g/mol. The first-order valence-electron chi connectivity index (χ1n) is 9.71. The lowest BCUT2D eigenvalue weighted by Crippen LogP contribution is -2.30. The number of aromatic nitrogens is 2. The van der Waals surface area contributed by atoms with Gasteiger partial charge in [0.15, 0.2) is 0 Å². The molecule has 2 aliphatic rings. The summed E-state index contributed by atoms with van der Waals surface area (Å²) in [7, 11) is 0. The number of hydrogen-bond acceptors (Lipinski definition) is 5. The summed E-state index contributed by atoms with van der Waals surface area (Å²) in [6.45, 7) is 0.468. The number of nitrogens with zero attached hydrogens (tertiary/aromatic N) is 2. The number of nitrogens with one attached hydrogen (secondary N) is 1. The molecule has 0 radical (unpaired) electrons. The van der Waals surface area contributed by atoms with Crippen molar-refractivity contribution in [2.24, 2.45) is 0 Å². The number of anilines is 1. The van der Waals surface area contributed by atoms with Crippen molar-refractivity contribution in [3.63, 3.8) is 0 Å². The monoisotopic (exact) mass is 361 g/mol. The van der Waals surface area contributed by atoms with E-state index < -0.39 is 0 Å². The summed E-state index contributed by atoms with van der Waals surface area (Å²) >= 11 is 1.70. The van der Waals surface area contributed by atoms with Gasteiger partial charge in [-0.3, -0.25) is 9.36 Å². The van der Waals surface area contributed by atoms with Gasteiger partial charge in [-0.15, -0.1) is 11.3 Å². The second-order valence-corrected chi connectivity index (χ2v) is 8.38. The van der Waals surface area contributed by atoms with E-state index in [0.717, 1.165) is 35.9 Å². The van der Waals surface area contributed by atoms with E-state index in [9.17, 15) is 9.90 Å². The summed E-state index contributed by atoms with van der Waals surface area (Å²) in [6.07, 6.45) is 11.4. The Bertz CT molecular complexity index is 805. The van der Waals surface area contributed by atoms with Gasteiger partial charge >= 0.3 is 0 Å². The Morgan fingerprint density at radius 1 is 1.12 bits per heavy atom. The van der Waals surface area contributed by atoms with Crippen molar-refractivity contribution < 1.29 is 5.11 Å². The molecule has 1 fully saturated rings. The third kappa shape index (κ3) is 3.22. The SMILES string of the molecule is O=c1c2c3c(sc2nc(NCCO)n1C1CCCCC1)CCCCC3. The molecule has 0 bridgehead atoms. The van der Waals surface area contributed by atoms with Crippen molar-refractivity contribution in [3.8, 4) is 0 Å². The lowest BCUT2D eigenvalue weighted by atomic mass is 9.95. The number of fused-ring (bicyclic) bond motifs is 3. The molecule has 4 rings (SSSR count). The topological polar surface area (TPSA) is 67.2 Å². The Balaban J connectivity index is 1.88. The van der Waals surface area contributed by atoms with Crippen LogP contribution >= 0.6 is 11.3 Å². The van der Waals surface area contributed by atoms with Gasteiger partial charge in [0.05, 0.1) is 12.0 Å². The molecule has 1 saturated carbocycles. The molecule has 0 aliphatic heterocycles. The summed E-state index contributed by atoms with van der Waals surface area (Å²) in [5.41, 5.74) is 1.41. The third-order valence-corrected chi connectivity index (χ3v) is 6.79. The second-order valence-electron chi connectivity index (χ2n) is 7.30. The minimum absolute atomic E-state index is 0.0412. The van der Waals surface area contributed by atoms with Crippen LogP contribution in [0.1, 0.15) is 67.8 Å². The van der Waals surface area contributed by atoms with Gasteiger partial charge in [-0.1, -0.05) is 25.7 Å². The van der Waals surface area contributed by atoms with Crippen LogP contribution < -0.4 is 10.9 Å². The Hall–Kier alpha value is -1.40. The molecule has 2 N–H and O–H groups in total. The van der Waals surface area contributed by atoms with Gasteiger partial charge in [-0.25, -0.2) is 4.98 Å². The molecule has 136 valence electrons. The highest BCUT2D eigenvalue weighted by Crippen LogP contribution is 2.35. The molecule has 0 unspecified atom stereocenters. The summed E-state index contributed by atoms with van der Waals surface area (Å²) in [5, 5.41) is 13.3. The van der Waals surface area contributed by atoms with Gasteiger partial charge in [0.1, 0.15) is 4.83 Å². The van der Waals surface area contributed by atoms with E-state index in [1.165, 1.54) is 49.0 Å². The van der Waals surface area contributed by atoms with E-state index in [1.807, 2.05) is 4.57 Å². The van der Waals surface area contributed by atoms with Crippen LogP contribution in [0.25, 0.3) is 10.2 Å². The lowest BCUT2D eigenvalue weighted by Gasteiger charge is -2.26. The van der Waals surface area contributed by atoms with Gasteiger partial charge in [0.25, 0.3) is 5.56 Å². The van der Waals surface area contributed by atoms with E-state index in [2.05, 4.69) is 5.32 Å². The first-order valence-corrected chi connectivity index (χ1v) is 10.5. The molecule has 2 aliphatic carbocycles. The zero-order valence-electron chi connectivity index (χ0n) is 14.7. The van der Waals surface area contributed by atoms with Gasteiger partial charge in [0.2, 0.25) is 5.95 Å². The van der Waals surface area contributed by atoms with Crippen molar-refractivity contribution in [1.82, 2.24) is 9.55 Å². The fraction of sp³-hybridized carbons (Fsp3) is 0.684. The van der Waals surface area contributed by atoms with Crippen molar-refractivity contribution in [3.05, 3.63) is 20.8 Å². The Morgan fingerprint density at radius 3 is 2.68 bits per heavy atom. The van der Waals surface area contributed by atoms with Crippen molar-refractivity contribution in [2.45, 2.75) is 70.3 Å². The Morgan fingerprint density at radius 2 is 1.88 bits per heavy atom. The van der Waals surface area contributed by atoms with E-state index in [-0.39, 0.29) is 18.2 Å². The molecule has 5 nitrogen and oxygen atoms in total. The summed E-state index contributed by atoms with van der Waals surface area (Å²) in [4.78, 5) is 20.6. The van der Waals surface area contributed by atoms with Crippen LogP contribution in [0.3, 0.4) is 0 Å². The zero-order chi connectivity index (χ0) is 17.2. The molecule has 2 heterocycles. The van der Waals surface area contributed by atoms with Gasteiger partial charge in [-0.05, 0) is 44.1 Å². The average molecular weight is 362 g/mol. The van der Waals surface area contributed by atoms with Crippen molar-refractivity contribution in [1.29, 1.82) is 0 Å².